The standard InChI is InChI=1S/C16H18FN3O2S/c1-11(15(21)20-8-4-5-9-20)23-16-19-18-14(22-16)10-12-6-2-3-7-13(12)17/h2-3,6-7,11H,4-5,8-10H2,1H3. The van der Waals surface area contributed by atoms with Crippen molar-refractivity contribution in [2.24, 2.45) is 0 Å². The lowest BCUT2D eigenvalue weighted by Gasteiger charge is -2.18. The number of amides is 1. The molecule has 0 saturated carbocycles. The molecule has 1 atom stereocenters. The SMILES string of the molecule is CC(Sc1nnc(Cc2ccccc2F)o1)C(=O)N1CCCC1. The molecule has 0 spiro atoms. The van der Waals surface area contributed by atoms with Crippen LogP contribution >= 0.6 is 11.8 Å². The molecule has 0 radical (unpaired) electrons. The van der Waals surface area contributed by atoms with E-state index in [4.69, 9.17) is 4.42 Å². The zero-order valence-electron chi connectivity index (χ0n) is 12.9. The normalized spacial score (nSPS) is 15.8. The highest BCUT2D eigenvalue weighted by atomic mass is 32.2. The second kappa shape index (κ2) is 7.12. The predicted molar refractivity (Wildman–Crippen MR) is 84.6 cm³/mol. The number of nitrogens with zero attached hydrogens (tertiary/aromatic N) is 3. The Balaban J connectivity index is 1.60. The van der Waals surface area contributed by atoms with Crippen LogP contribution in [0.2, 0.25) is 0 Å². The lowest BCUT2D eigenvalue weighted by molar-refractivity contribution is -0.129. The molecule has 1 aromatic heterocycles. The Labute approximate surface area is 138 Å². The van der Waals surface area contributed by atoms with Crippen molar-refractivity contribution in [1.82, 2.24) is 15.1 Å². The average molecular weight is 335 g/mol. The van der Waals surface area contributed by atoms with Gasteiger partial charge in [0.1, 0.15) is 5.82 Å². The molecular formula is C16H18FN3O2S. The van der Waals surface area contributed by atoms with Crippen LogP contribution in [0.1, 0.15) is 31.2 Å². The van der Waals surface area contributed by atoms with Crippen molar-refractivity contribution >= 4 is 17.7 Å². The highest BCUT2D eigenvalue weighted by molar-refractivity contribution is 8.00. The van der Waals surface area contributed by atoms with Crippen LogP contribution < -0.4 is 0 Å². The number of thioether (sulfide) groups is 1. The van der Waals surface area contributed by atoms with Gasteiger partial charge >= 0.3 is 0 Å². The van der Waals surface area contributed by atoms with Gasteiger partial charge < -0.3 is 9.32 Å². The highest BCUT2D eigenvalue weighted by Crippen LogP contribution is 2.25. The largest absolute Gasteiger partial charge is 0.416 e. The lowest BCUT2D eigenvalue weighted by atomic mass is 10.1. The molecule has 2 aromatic rings. The summed E-state index contributed by atoms with van der Waals surface area (Å²) in [6, 6.07) is 6.49. The van der Waals surface area contributed by atoms with E-state index in [1.54, 1.807) is 18.2 Å². The first-order chi connectivity index (χ1) is 11.1. The summed E-state index contributed by atoms with van der Waals surface area (Å²) >= 11 is 1.25. The number of carbonyl (C=O) groups excluding carboxylic acids is 1. The molecule has 0 bridgehead atoms. The zero-order chi connectivity index (χ0) is 16.2. The van der Waals surface area contributed by atoms with Crippen molar-refractivity contribution in [3.05, 3.63) is 41.5 Å². The molecule has 1 aliphatic heterocycles. The van der Waals surface area contributed by atoms with E-state index in [0.29, 0.717) is 16.7 Å². The Kier molecular flexibility index (Phi) is 4.95. The average Bonchev–Trinajstić information content (AvgIpc) is 3.21. The number of likely N-dealkylation sites (tertiary alicyclic amines) is 1. The molecule has 0 aliphatic carbocycles. The lowest BCUT2D eigenvalue weighted by Crippen LogP contribution is -2.34. The van der Waals surface area contributed by atoms with E-state index in [1.165, 1.54) is 17.8 Å². The van der Waals surface area contributed by atoms with E-state index in [1.807, 2.05) is 11.8 Å². The van der Waals surface area contributed by atoms with Gasteiger partial charge in [0, 0.05) is 13.1 Å². The molecule has 2 heterocycles. The number of carbonyl (C=O) groups is 1. The Hall–Kier alpha value is -1.89. The maximum absolute atomic E-state index is 13.6. The second-order valence-electron chi connectivity index (χ2n) is 5.52. The molecule has 122 valence electrons. The van der Waals surface area contributed by atoms with Crippen LogP contribution in [0.15, 0.2) is 33.9 Å². The fraction of sp³-hybridized carbons (Fsp3) is 0.438. The van der Waals surface area contributed by atoms with Crippen molar-refractivity contribution in [1.29, 1.82) is 0 Å². The number of benzene rings is 1. The van der Waals surface area contributed by atoms with E-state index in [0.717, 1.165) is 25.9 Å². The molecule has 3 rings (SSSR count). The van der Waals surface area contributed by atoms with Gasteiger partial charge in [0.15, 0.2) is 0 Å². The van der Waals surface area contributed by atoms with Gasteiger partial charge in [0.05, 0.1) is 11.7 Å². The maximum atomic E-state index is 13.6. The van der Waals surface area contributed by atoms with Crippen LogP contribution in [0.5, 0.6) is 0 Å². The fourth-order valence-corrected chi connectivity index (χ4v) is 3.34. The summed E-state index contributed by atoms with van der Waals surface area (Å²) in [7, 11) is 0. The van der Waals surface area contributed by atoms with Crippen molar-refractivity contribution in [3.63, 3.8) is 0 Å². The summed E-state index contributed by atoms with van der Waals surface area (Å²) in [4.78, 5) is 14.1. The summed E-state index contributed by atoms with van der Waals surface area (Å²) in [5, 5.41) is 7.95. The van der Waals surface area contributed by atoms with E-state index in [2.05, 4.69) is 10.2 Å². The first-order valence-electron chi connectivity index (χ1n) is 7.64. The third kappa shape index (κ3) is 3.90. The highest BCUT2D eigenvalue weighted by Gasteiger charge is 2.25. The summed E-state index contributed by atoms with van der Waals surface area (Å²) in [6.07, 6.45) is 2.38. The first kappa shape index (κ1) is 16.0. The summed E-state index contributed by atoms with van der Waals surface area (Å²) in [5.41, 5.74) is 0.508. The van der Waals surface area contributed by atoms with Crippen LogP contribution in [0.4, 0.5) is 4.39 Å². The molecule has 5 nitrogen and oxygen atoms in total. The van der Waals surface area contributed by atoms with E-state index >= 15 is 0 Å². The molecular weight excluding hydrogens is 317 g/mol. The summed E-state index contributed by atoms with van der Waals surface area (Å²) in [5.74, 6) is 0.150. The Morgan fingerprint density at radius 3 is 2.83 bits per heavy atom. The van der Waals surface area contributed by atoms with Gasteiger partial charge in [-0.25, -0.2) is 4.39 Å². The molecule has 1 aliphatic rings. The number of aromatic nitrogens is 2. The quantitative estimate of drug-likeness (QED) is 0.786. The Morgan fingerprint density at radius 2 is 2.09 bits per heavy atom. The zero-order valence-corrected chi connectivity index (χ0v) is 13.7. The molecule has 1 amide bonds. The molecule has 1 aromatic carbocycles. The number of rotatable bonds is 5. The third-order valence-corrected chi connectivity index (χ3v) is 4.71. The van der Waals surface area contributed by atoms with Crippen LogP contribution in [-0.2, 0) is 11.2 Å². The molecule has 0 N–H and O–H groups in total. The molecule has 7 heteroatoms. The number of hydrogen-bond donors (Lipinski definition) is 0. The second-order valence-corrected chi connectivity index (χ2v) is 6.81. The summed E-state index contributed by atoms with van der Waals surface area (Å²) in [6.45, 7) is 3.49. The molecule has 1 fully saturated rings. The van der Waals surface area contributed by atoms with Gasteiger partial charge in [-0.2, -0.15) is 0 Å². The van der Waals surface area contributed by atoms with Crippen molar-refractivity contribution in [2.75, 3.05) is 13.1 Å². The fourth-order valence-electron chi connectivity index (χ4n) is 2.56. The topological polar surface area (TPSA) is 59.2 Å². The van der Waals surface area contributed by atoms with Gasteiger partial charge in [-0.15, -0.1) is 10.2 Å². The van der Waals surface area contributed by atoms with Crippen molar-refractivity contribution in [2.45, 2.75) is 36.7 Å². The Morgan fingerprint density at radius 1 is 1.35 bits per heavy atom. The molecule has 1 unspecified atom stereocenters. The minimum atomic E-state index is -0.294. The van der Waals surface area contributed by atoms with Crippen LogP contribution in [0.25, 0.3) is 0 Å². The van der Waals surface area contributed by atoms with Gasteiger partial charge in [-0.05, 0) is 31.4 Å². The maximum Gasteiger partial charge on any atom is 0.277 e. The van der Waals surface area contributed by atoms with Gasteiger partial charge in [-0.1, -0.05) is 30.0 Å². The Bertz CT molecular complexity index is 685. The minimum absolute atomic E-state index is 0.0985. The predicted octanol–water partition coefficient (Wildman–Crippen LogP) is 2.90. The van der Waals surface area contributed by atoms with Crippen LogP contribution in [-0.4, -0.2) is 39.3 Å². The molecule has 1 saturated heterocycles. The van der Waals surface area contributed by atoms with E-state index < -0.39 is 0 Å². The third-order valence-electron chi connectivity index (χ3n) is 3.79. The van der Waals surface area contributed by atoms with Gasteiger partial charge in [0.2, 0.25) is 11.8 Å². The number of hydrogen-bond acceptors (Lipinski definition) is 5. The minimum Gasteiger partial charge on any atom is -0.416 e. The van der Waals surface area contributed by atoms with E-state index in [9.17, 15) is 9.18 Å². The smallest absolute Gasteiger partial charge is 0.277 e. The summed E-state index contributed by atoms with van der Waals surface area (Å²) < 4.78 is 19.2. The van der Waals surface area contributed by atoms with Crippen molar-refractivity contribution in [3.8, 4) is 0 Å². The monoisotopic (exact) mass is 335 g/mol. The van der Waals surface area contributed by atoms with Crippen LogP contribution in [0.3, 0.4) is 0 Å². The van der Waals surface area contributed by atoms with E-state index in [-0.39, 0.29) is 23.4 Å². The number of halogens is 1. The van der Waals surface area contributed by atoms with Crippen molar-refractivity contribution < 1.29 is 13.6 Å². The van der Waals surface area contributed by atoms with Crippen LogP contribution in [0, 0.1) is 5.82 Å². The van der Waals surface area contributed by atoms with Gasteiger partial charge in [0.25, 0.3) is 5.22 Å². The first-order valence-corrected chi connectivity index (χ1v) is 8.52. The molecule has 23 heavy (non-hydrogen) atoms. The van der Waals surface area contributed by atoms with Gasteiger partial charge in [-0.3, -0.25) is 4.79 Å².